The molecule has 1 fully saturated rings. The second-order valence-corrected chi connectivity index (χ2v) is 5.44. The number of hydrogen-bond acceptors (Lipinski definition) is 4. The first-order valence-corrected chi connectivity index (χ1v) is 7.12. The third-order valence-corrected chi connectivity index (χ3v) is 3.96. The SMILES string of the molecule is CC(=O)c1ccc(NC(=O)[C@@H]2CCCC[C@@H]2C(=O)[O-])cc1. The van der Waals surface area contributed by atoms with Gasteiger partial charge in [0.25, 0.3) is 0 Å². The number of carbonyl (C=O) groups excluding carboxylic acids is 3. The summed E-state index contributed by atoms with van der Waals surface area (Å²) in [5, 5.41) is 13.8. The van der Waals surface area contributed by atoms with Crippen LogP contribution in [-0.4, -0.2) is 17.7 Å². The summed E-state index contributed by atoms with van der Waals surface area (Å²) in [5.41, 5.74) is 1.13. The fourth-order valence-electron chi connectivity index (χ4n) is 2.75. The fraction of sp³-hybridized carbons (Fsp3) is 0.438. The maximum atomic E-state index is 12.2. The van der Waals surface area contributed by atoms with Gasteiger partial charge in [-0.25, -0.2) is 0 Å². The largest absolute Gasteiger partial charge is 0.550 e. The maximum absolute atomic E-state index is 12.2. The molecule has 0 aliphatic heterocycles. The number of nitrogens with one attached hydrogen (secondary N) is 1. The van der Waals surface area contributed by atoms with Crippen LogP contribution in [0.25, 0.3) is 0 Å². The van der Waals surface area contributed by atoms with Gasteiger partial charge in [-0.05, 0) is 44.0 Å². The number of benzene rings is 1. The first-order valence-electron chi connectivity index (χ1n) is 7.12. The normalized spacial score (nSPS) is 21.6. The minimum Gasteiger partial charge on any atom is -0.550 e. The van der Waals surface area contributed by atoms with Gasteiger partial charge in [0, 0.05) is 29.1 Å². The summed E-state index contributed by atoms with van der Waals surface area (Å²) in [4.78, 5) is 34.5. The maximum Gasteiger partial charge on any atom is 0.228 e. The molecule has 1 aliphatic carbocycles. The van der Waals surface area contributed by atoms with Crippen molar-refractivity contribution >= 4 is 23.3 Å². The van der Waals surface area contributed by atoms with Crippen LogP contribution in [0.4, 0.5) is 5.69 Å². The van der Waals surface area contributed by atoms with Crippen molar-refractivity contribution in [2.24, 2.45) is 11.8 Å². The molecule has 21 heavy (non-hydrogen) atoms. The van der Waals surface area contributed by atoms with Crippen molar-refractivity contribution in [1.29, 1.82) is 0 Å². The van der Waals surface area contributed by atoms with Crippen molar-refractivity contribution in [1.82, 2.24) is 0 Å². The molecule has 5 heteroatoms. The highest BCUT2D eigenvalue weighted by atomic mass is 16.4. The van der Waals surface area contributed by atoms with Gasteiger partial charge < -0.3 is 15.2 Å². The van der Waals surface area contributed by atoms with E-state index in [9.17, 15) is 19.5 Å². The lowest BCUT2D eigenvalue weighted by Gasteiger charge is -2.31. The topological polar surface area (TPSA) is 86.3 Å². The highest BCUT2D eigenvalue weighted by Gasteiger charge is 2.31. The Bertz CT molecular complexity index is 550. The molecule has 0 saturated heterocycles. The monoisotopic (exact) mass is 288 g/mol. The Balaban J connectivity index is 2.05. The van der Waals surface area contributed by atoms with Crippen molar-refractivity contribution in [3.63, 3.8) is 0 Å². The zero-order chi connectivity index (χ0) is 15.4. The number of ketones is 1. The van der Waals surface area contributed by atoms with Gasteiger partial charge in [0.05, 0.1) is 0 Å². The lowest BCUT2D eigenvalue weighted by Crippen LogP contribution is -2.42. The number of aliphatic carboxylic acids is 1. The van der Waals surface area contributed by atoms with Gasteiger partial charge in [-0.3, -0.25) is 9.59 Å². The third-order valence-electron chi connectivity index (χ3n) is 3.96. The fourth-order valence-corrected chi connectivity index (χ4v) is 2.75. The zero-order valence-corrected chi connectivity index (χ0v) is 11.9. The van der Waals surface area contributed by atoms with Gasteiger partial charge in [0.15, 0.2) is 5.78 Å². The molecule has 5 nitrogen and oxygen atoms in total. The van der Waals surface area contributed by atoms with Crippen molar-refractivity contribution in [3.05, 3.63) is 29.8 Å². The number of hydrogen-bond donors (Lipinski definition) is 1. The molecule has 1 aliphatic rings. The Morgan fingerprint density at radius 2 is 1.62 bits per heavy atom. The molecule has 0 heterocycles. The molecule has 1 amide bonds. The number of carboxylic acids is 1. The summed E-state index contributed by atoms with van der Waals surface area (Å²) in [7, 11) is 0. The molecule has 0 unspecified atom stereocenters. The first kappa shape index (κ1) is 15.2. The average Bonchev–Trinajstić information content (AvgIpc) is 2.47. The van der Waals surface area contributed by atoms with E-state index < -0.39 is 17.8 Å². The van der Waals surface area contributed by atoms with Crippen LogP contribution in [0.2, 0.25) is 0 Å². The molecule has 2 rings (SSSR count). The number of rotatable bonds is 4. The van der Waals surface area contributed by atoms with Gasteiger partial charge in [-0.2, -0.15) is 0 Å². The van der Waals surface area contributed by atoms with E-state index in [0.717, 1.165) is 12.8 Å². The van der Waals surface area contributed by atoms with Gasteiger partial charge in [0.2, 0.25) is 5.91 Å². The Morgan fingerprint density at radius 1 is 1.05 bits per heavy atom. The van der Waals surface area contributed by atoms with Crippen LogP contribution in [0.15, 0.2) is 24.3 Å². The highest BCUT2D eigenvalue weighted by Crippen LogP contribution is 2.30. The molecule has 1 aromatic carbocycles. The Labute approximate surface area is 123 Å². The summed E-state index contributed by atoms with van der Waals surface area (Å²) < 4.78 is 0. The Morgan fingerprint density at radius 3 is 2.14 bits per heavy atom. The molecular formula is C16H18NO4-. The van der Waals surface area contributed by atoms with Crippen LogP contribution in [0.5, 0.6) is 0 Å². The van der Waals surface area contributed by atoms with E-state index in [0.29, 0.717) is 24.1 Å². The minimum absolute atomic E-state index is 0.0443. The number of carboxylic acid groups (broad SMARTS) is 1. The molecule has 0 radical (unpaired) electrons. The van der Waals surface area contributed by atoms with E-state index >= 15 is 0 Å². The summed E-state index contributed by atoms with van der Waals surface area (Å²) >= 11 is 0. The quantitative estimate of drug-likeness (QED) is 0.848. The van der Waals surface area contributed by atoms with E-state index in [2.05, 4.69) is 5.32 Å². The van der Waals surface area contributed by atoms with E-state index in [1.165, 1.54) is 6.92 Å². The molecule has 0 spiro atoms. The molecule has 0 bridgehead atoms. The summed E-state index contributed by atoms with van der Waals surface area (Å²) in [6, 6.07) is 6.56. The highest BCUT2D eigenvalue weighted by molar-refractivity contribution is 5.97. The van der Waals surface area contributed by atoms with Crippen LogP contribution < -0.4 is 10.4 Å². The van der Waals surface area contributed by atoms with Crippen LogP contribution in [0, 0.1) is 11.8 Å². The molecule has 1 N–H and O–H groups in total. The second kappa shape index (κ2) is 6.52. The second-order valence-electron chi connectivity index (χ2n) is 5.44. The lowest BCUT2D eigenvalue weighted by atomic mass is 9.78. The number of anilines is 1. The Hall–Kier alpha value is -2.17. The molecule has 1 aromatic rings. The van der Waals surface area contributed by atoms with Crippen molar-refractivity contribution in [2.75, 3.05) is 5.32 Å². The number of Topliss-reactive ketones (excluding diaryl/α,β-unsaturated/α-hetero) is 1. The summed E-state index contributed by atoms with van der Waals surface area (Å²) in [5.74, 6) is -2.75. The zero-order valence-electron chi connectivity index (χ0n) is 11.9. The van der Waals surface area contributed by atoms with Crippen molar-refractivity contribution < 1.29 is 19.5 Å². The van der Waals surface area contributed by atoms with Crippen molar-refractivity contribution in [2.45, 2.75) is 32.6 Å². The van der Waals surface area contributed by atoms with Crippen LogP contribution in [-0.2, 0) is 9.59 Å². The smallest absolute Gasteiger partial charge is 0.228 e. The predicted octanol–water partition coefficient (Wildman–Crippen LogP) is 1.38. The van der Waals surface area contributed by atoms with Gasteiger partial charge in [-0.15, -0.1) is 0 Å². The average molecular weight is 288 g/mol. The van der Waals surface area contributed by atoms with Crippen LogP contribution >= 0.6 is 0 Å². The molecule has 1 saturated carbocycles. The molecule has 112 valence electrons. The van der Waals surface area contributed by atoms with Crippen LogP contribution in [0.1, 0.15) is 43.0 Å². The van der Waals surface area contributed by atoms with Crippen LogP contribution in [0.3, 0.4) is 0 Å². The molecule has 0 aromatic heterocycles. The summed E-state index contributed by atoms with van der Waals surface area (Å²) in [6.07, 6.45) is 2.72. The minimum atomic E-state index is -1.15. The number of carbonyl (C=O) groups is 3. The van der Waals surface area contributed by atoms with E-state index in [-0.39, 0.29) is 11.7 Å². The summed E-state index contributed by atoms with van der Waals surface area (Å²) in [6.45, 7) is 1.47. The third kappa shape index (κ3) is 3.68. The first-order chi connectivity index (χ1) is 9.99. The standard InChI is InChI=1S/C16H19NO4/c1-10(18)11-6-8-12(9-7-11)17-15(19)13-4-2-3-5-14(13)16(20)21/h6-9,13-14H,2-5H2,1H3,(H,17,19)(H,20,21)/p-1/t13-,14+/m1/s1. The molecular weight excluding hydrogens is 270 g/mol. The Kier molecular flexibility index (Phi) is 4.73. The lowest BCUT2D eigenvalue weighted by molar-refractivity contribution is -0.313. The molecule has 2 atom stereocenters. The van der Waals surface area contributed by atoms with Gasteiger partial charge in [-0.1, -0.05) is 12.8 Å². The number of amides is 1. The predicted molar refractivity (Wildman–Crippen MR) is 75.5 cm³/mol. The van der Waals surface area contributed by atoms with Gasteiger partial charge in [0.1, 0.15) is 0 Å². The van der Waals surface area contributed by atoms with E-state index in [4.69, 9.17) is 0 Å². The van der Waals surface area contributed by atoms with E-state index in [1.54, 1.807) is 24.3 Å². The van der Waals surface area contributed by atoms with Gasteiger partial charge >= 0.3 is 0 Å². The van der Waals surface area contributed by atoms with E-state index in [1.807, 2.05) is 0 Å². The van der Waals surface area contributed by atoms with Crippen molar-refractivity contribution in [3.8, 4) is 0 Å².